The standard InChI is InChI=1S/C17H19ClFN3.ClH/c18-15-4-1-5-16(19)14(15)6-9-22-10-8-21-12-17(22)13-3-2-7-20-11-13;/h1-5,7,11,17,21H,6,8-10,12H2;1H. The summed E-state index contributed by atoms with van der Waals surface area (Å²) in [7, 11) is 0. The smallest absolute Gasteiger partial charge is 0.127 e. The van der Waals surface area contributed by atoms with Gasteiger partial charge in [-0.15, -0.1) is 12.4 Å². The van der Waals surface area contributed by atoms with Crippen molar-refractivity contribution in [2.24, 2.45) is 0 Å². The minimum atomic E-state index is -0.222. The summed E-state index contributed by atoms with van der Waals surface area (Å²) in [6.07, 6.45) is 4.30. The maximum atomic E-state index is 13.9. The van der Waals surface area contributed by atoms with E-state index in [-0.39, 0.29) is 24.3 Å². The second-order valence-corrected chi connectivity index (χ2v) is 5.90. The van der Waals surface area contributed by atoms with Gasteiger partial charge in [0.2, 0.25) is 0 Å². The highest BCUT2D eigenvalue weighted by molar-refractivity contribution is 6.31. The number of rotatable bonds is 4. The van der Waals surface area contributed by atoms with Crippen molar-refractivity contribution in [3.05, 3.63) is 64.7 Å². The molecule has 1 aliphatic heterocycles. The first-order valence-electron chi connectivity index (χ1n) is 7.53. The summed E-state index contributed by atoms with van der Waals surface area (Å²) in [5.41, 5.74) is 1.79. The van der Waals surface area contributed by atoms with Crippen molar-refractivity contribution in [1.82, 2.24) is 15.2 Å². The number of piperazine rings is 1. The second kappa shape index (κ2) is 8.60. The quantitative estimate of drug-likeness (QED) is 0.909. The van der Waals surface area contributed by atoms with Gasteiger partial charge in [-0.1, -0.05) is 23.7 Å². The summed E-state index contributed by atoms with van der Waals surface area (Å²) in [4.78, 5) is 6.58. The Labute approximate surface area is 147 Å². The lowest BCUT2D eigenvalue weighted by molar-refractivity contribution is 0.163. The number of benzene rings is 1. The van der Waals surface area contributed by atoms with Crippen LogP contribution in [0.4, 0.5) is 4.39 Å². The van der Waals surface area contributed by atoms with Crippen LogP contribution in [0.1, 0.15) is 17.2 Å². The van der Waals surface area contributed by atoms with E-state index >= 15 is 0 Å². The highest BCUT2D eigenvalue weighted by atomic mass is 35.5. The third-order valence-corrected chi connectivity index (χ3v) is 4.49. The highest BCUT2D eigenvalue weighted by Gasteiger charge is 2.24. The zero-order chi connectivity index (χ0) is 15.4. The molecule has 0 amide bonds. The first-order chi connectivity index (χ1) is 10.8. The third kappa shape index (κ3) is 4.42. The lowest BCUT2D eigenvalue weighted by Gasteiger charge is -2.36. The molecule has 1 saturated heterocycles. The molecule has 1 fully saturated rings. The van der Waals surface area contributed by atoms with Crippen LogP contribution >= 0.6 is 24.0 Å². The first-order valence-corrected chi connectivity index (χ1v) is 7.91. The lowest BCUT2D eigenvalue weighted by Crippen LogP contribution is -2.46. The summed E-state index contributed by atoms with van der Waals surface area (Å²) in [5.74, 6) is -0.222. The van der Waals surface area contributed by atoms with E-state index in [1.54, 1.807) is 18.3 Å². The summed E-state index contributed by atoms with van der Waals surface area (Å²) >= 11 is 6.12. The molecule has 124 valence electrons. The van der Waals surface area contributed by atoms with Crippen molar-refractivity contribution < 1.29 is 4.39 Å². The zero-order valence-corrected chi connectivity index (χ0v) is 14.3. The van der Waals surface area contributed by atoms with Crippen LogP contribution < -0.4 is 5.32 Å². The number of hydrogen-bond donors (Lipinski definition) is 1. The van der Waals surface area contributed by atoms with E-state index in [4.69, 9.17) is 11.6 Å². The van der Waals surface area contributed by atoms with Gasteiger partial charge in [0.25, 0.3) is 0 Å². The van der Waals surface area contributed by atoms with Gasteiger partial charge in [0.1, 0.15) is 5.82 Å². The number of nitrogens with zero attached hydrogens (tertiary/aromatic N) is 2. The number of nitrogens with one attached hydrogen (secondary N) is 1. The van der Waals surface area contributed by atoms with Gasteiger partial charge in [-0.05, 0) is 30.2 Å². The highest BCUT2D eigenvalue weighted by Crippen LogP contribution is 2.24. The van der Waals surface area contributed by atoms with Crippen LogP contribution in [0.25, 0.3) is 0 Å². The molecule has 23 heavy (non-hydrogen) atoms. The van der Waals surface area contributed by atoms with Crippen LogP contribution in [0.3, 0.4) is 0 Å². The Kier molecular flexibility index (Phi) is 6.78. The monoisotopic (exact) mass is 355 g/mol. The van der Waals surface area contributed by atoms with Crippen LogP contribution in [0.5, 0.6) is 0 Å². The third-order valence-electron chi connectivity index (χ3n) is 4.13. The van der Waals surface area contributed by atoms with Crippen LogP contribution in [0, 0.1) is 5.82 Å². The van der Waals surface area contributed by atoms with Gasteiger partial charge in [-0.3, -0.25) is 9.88 Å². The summed E-state index contributed by atoms with van der Waals surface area (Å²) < 4.78 is 13.9. The van der Waals surface area contributed by atoms with Gasteiger partial charge in [0.05, 0.1) is 0 Å². The second-order valence-electron chi connectivity index (χ2n) is 5.49. The predicted molar refractivity (Wildman–Crippen MR) is 93.8 cm³/mol. The zero-order valence-electron chi connectivity index (χ0n) is 12.7. The van der Waals surface area contributed by atoms with E-state index in [0.29, 0.717) is 17.0 Å². The minimum Gasteiger partial charge on any atom is -0.314 e. The number of pyridine rings is 1. The Morgan fingerprint density at radius 1 is 1.30 bits per heavy atom. The Bertz CT molecular complexity index is 604. The Morgan fingerprint density at radius 2 is 2.17 bits per heavy atom. The molecule has 1 atom stereocenters. The molecule has 0 saturated carbocycles. The topological polar surface area (TPSA) is 28.2 Å². The SMILES string of the molecule is Cl.Fc1cccc(Cl)c1CCN1CCNCC1c1cccnc1. The van der Waals surface area contributed by atoms with Crippen molar-refractivity contribution in [3.8, 4) is 0 Å². The van der Waals surface area contributed by atoms with Crippen molar-refractivity contribution in [3.63, 3.8) is 0 Å². The lowest BCUT2D eigenvalue weighted by atomic mass is 10.0. The fourth-order valence-corrected chi connectivity index (χ4v) is 3.20. The molecule has 6 heteroatoms. The number of aromatic nitrogens is 1. The fraction of sp³-hybridized carbons (Fsp3) is 0.353. The van der Waals surface area contributed by atoms with E-state index in [9.17, 15) is 4.39 Å². The maximum Gasteiger partial charge on any atom is 0.127 e. The molecule has 1 N–H and O–H groups in total. The molecule has 1 aliphatic rings. The molecule has 1 aromatic heterocycles. The molecule has 1 aromatic carbocycles. The molecule has 0 radical (unpaired) electrons. The first kappa shape index (κ1) is 18.1. The molecule has 0 bridgehead atoms. The molecule has 3 nitrogen and oxygen atoms in total. The summed E-state index contributed by atoms with van der Waals surface area (Å²) in [6, 6.07) is 9.18. The molecule has 0 spiro atoms. The number of hydrogen-bond acceptors (Lipinski definition) is 3. The fourth-order valence-electron chi connectivity index (χ4n) is 2.94. The van der Waals surface area contributed by atoms with Crippen molar-refractivity contribution >= 4 is 24.0 Å². The van der Waals surface area contributed by atoms with E-state index in [1.807, 2.05) is 12.3 Å². The molecule has 2 aromatic rings. The summed E-state index contributed by atoms with van der Waals surface area (Å²) in [6.45, 7) is 3.55. The largest absolute Gasteiger partial charge is 0.314 e. The molecular formula is C17H20Cl2FN3. The Balaban J connectivity index is 0.00000192. The van der Waals surface area contributed by atoms with E-state index in [1.165, 1.54) is 11.6 Å². The number of halogens is 3. The van der Waals surface area contributed by atoms with Crippen molar-refractivity contribution in [1.29, 1.82) is 0 Å². The van der Waals surface area contributed by atoms with Crippen molar-refractivity contribution in [2.45, 2.75) is 12.5 Å². The van der Waals surface area contributed by atoms with Crippen LogP contribution in [-0.2, 0) is 6.42 Å². The van der Waals surface area contributed by atoms with Gasteiger partial charge in [0.15, 0.2) is 0 Å². The minimum absolute atomic E-state index is 0. The normalized spacial score (nSPS) is 18.4. The molecular weight excluding hydrogens is 336 g/mol. The average molecular weight is 356 g/mol. The average Bonchev–Trinajstić information content (AvgIpc) is 2.56. The van der Waals surface area contributed by atoms with E-state index in [2.05, 4.69) is 21.3 Å². The molecule has 0 aliphatic carbocycles. The Morgan fingerprint density at radius 3 is 2.91 bits per heavy atom. The van der Waals surface area contributed by atoms with E-state index < -0.39 is 0 Å². The van der Waals surface area contributed by atoms with Crippen LogP contribution in [0.15, 0.2) is 42.7 Å². The van der Waals surface area contributed by atoms with Gasteiger partial charge in [-0.25, -0.2) is 4.39 Å². The Hall–Kier alpha value is -1.20. The van der Waals surface area contributed by atoms with Gasteiger partial charge >= 0.3 is 0 Å². The summed E-state index contributed by atoms with van der Waals surface area (Å²) in [5, 5.41) is 3.92. The van der Waals surface area contributed by atoms with Crippen LogP contribution in [-0.4, -0.2) is 36.1 Å². The molecule has 3 rings (SSSR count). The van der Waals surface area contributed by atoms with Gasteiger partial charge in [0, 0.05) is 55.2 Å². The molecule has 2 heterocycles. The maximum absolute atomic E-state index is 13.9. The molecule has 1 unspecified atom stereocenters. The van der Waals surface area contributed by atoms with Crippen molar-refractivity contribution in [2.75, 3.05) is 26.2 Å². The van der Waals surface area contributed by atoms with Crippen LogP contribution in [0.2, 0.25) is 5.02 Å². The van der Waals surface area contributed by atoms with E-state index in [0.717, 1.165) is 26.2 Å². The van der Waals surface area contributed by atoms with Gasteiger partial charge < -0.3 is 5.32 Å². The predicted octanol–water partition coefficient (Wildman–Crippen LogP) is 3.48. The van der Waals surface area contributed by atoms with Gasteiger partial charge in [-0.2, -0.15) is 0 Å².